The molecule has 0 aromatic heterocycles. The van der Waals surface area contributed by atoms with Crippen LogP contribution in [0.1, 0.15) is 33.3 Å². The molecule has 0 fully saturated rings. The van der Waals surface area contributed by atoms with E-state index in [1.807, 2.05) is 0 Å². The SMILES string of the molecule is CC1=[C-]C(C)C(C)=C1C.C[Si](C)=[Hf+2].Cc1cc2c(-c3ccccc3)cccc2[cH-]1.Cl.Cl. The summed E-state index contributed by atoms with van der Waals surface area (Å²) in [5.74, 6) is 0.560. The van der Waals surface area contributed by atoms with Gasteiger partial charge in [-0.25, -0.2) is 5.57 Å². The van der Waals surface area contributed by atoms with Crippen molar-refractivity contribution in [1.29, 1.82) is 0 Å². The number of aryl methyl sites for hydroxylation is 1. The van der Waals surface area contributed by atoms with Gasteiger partial charge in [0.15, 0.2) is 0 Å². The Morgan fingerprint density at radius 2 is 1.48 bits per heavy atom. The predicted molar refractivity (Wildman–Crippen MR) is 142 cm³/mol. The minimum absolute atomic E-state index is 0. The van der Waals surface area contributed by atoms with Crippen LogP contribution in [0.3, 0.4) is 0 Å². The number of fused-ring (bicyclic) bond motifs is 1. The van der Waals surface area contributed by atoms with E-state index in [2.05, 4.69) is 114 Å². The van der Waals surface area contributed by atoms with Gasteiger partial charge in [0.2, 0.25) is 0 Å². The number of hydrogen-bond acceptors (Lipinski definition) is 0. The van der Waals surface area contributed by atoms with Crippen LogP contribution >= 0.6 is 24.8 Å². The van der Waals surface area contributed by atoms with Crippen molar-refractivity contribution in [2.75, 3.05) is 0 Å². The molecule has 0 radical (unpaired) electrons. The van der Waals surface area contributed by atoms with Crippen LogP contribution in [0.25, 0.3) is 21.9 Å². The third-order valence-corrected chi connectivity index (χ3v) is 5.22. The fourth-order valence-corrected chi connectivity index (χ4v) is 3.42. The first-order valence-corrected chi connectivity index (χ1v) is 18.1. The van der Waals surface area contributed by atoms with Crippen molar-refractivity contribution in [1.82, 2.24) is 0 Å². The number of rotatable bonds is 1. The molecular weight excluding hydrogens is 602 g/mol. The van der Waals surface area contributed by atoms with Gasteiger partial charge in [0.05, 0.1) is 0 Å². The largest absolute Gasteiger partial charge is 0.165 e. The van der Waals surface area contributed by atoms with Crippen LogP contribution in [0.2, 0.25) is 13.1 Å². The Morgan fingerprint density at radius 3 is 1.94 bits per heavy atom. The third kappa shape index (κ3) is 8.92. The fraction of sp³-hybridized carbons (Fsp3) is 0.296. The predicted octanol–water partition coefficient (Wildman–Crippen LogP) is 8.88. The van der Waals surface area contributed by atoms with Crippen LogP contribution in [0, 0.1) is 18.9 Å². The van der Waals surface area contributed by atoms with Gasteiger partial charge in [-0.2, -0.15) is 17.2 Å². The van der Waals surface area contributed by atoms with Crippen molar-refractivity contribution in [2.45, 2.75) is 47.7 Å². The molecule has 3 aromatic rings. The second kappa shape index (κ2) is 14.4. The summed E-state index contributed by atoms with van der Waals surface area (Å²) in [5, 5.41) is 2.69. The maximum atomic E-state index is 3.36. The first kappa shape index (κ1) is 30.2. The molecule has 31 heavy (non-hydrogen) atoms. The molecule has 4 rings (SSSR count). The summed E-state index contributed by atoms with van der Waals surface area (Å²) in [4.78, 5) is 0. The van der Waals surface area contributed by atoms with Crippen LogP contribution in [0.4, 0.5) is 0 Å². The maximum absolute atomic E-state index is 3.36. The van der Waals surface area contributed by atoms with Crippen molar-refractivity contribution in [3.05, 3.63) is 89.0 Å². The van der Waals surface area contributed by atoms with E-state index in [1.54, 1.807) is 0 Å². The Hall–Kier alpha value is -0.803. The van der Waals surface area contributed by atoms with Gasteiger partial charge in [-0.15, -0.1) is 66.3 Å². The summed E-state index contributed by atoms with van der Waals surface area (Å²) < 4.78 is 0. The van der Waals surface area contributed by atoms with Crippen LogP contribution in [-0.2, 0) is 23.0 Å². The third-order valence-electron chi connectivity index (χ3n) is 5.22. The van der Waals surface area contributed by atoms with E-state index in [4.69, 9.17) is 0 Å². The van der Waals surface area contributed by atoms with Gasteiger partial charge in [-0.05, 0) is 5.56 Å². The standard InChI is InChI=1S/C16H13.C9H13.C2H6Si.2ClH.Hf/c1-12-10-14-8-5-9-15(16(14)11-12)13-6-3-2-4-7-13;1-6-5-7(2)9(4)8(6)3;1-3-2;;;/h2-11H,1H3;6H,1-4H3;1-2H3;2*1H;/q2*-1;;;;+2. The molecule has 0 heterocycles. The Balaban J connectivity index is 0.000000516. The average molecular weight is 636 g/mol. The zero-order valence-electron chi connectivity index (χ0n) is 19.7. The molecule has 0 amide bonds. The van der Waals surface area contributed by atoms with Gasteiger partial charge >= 0.3 is 41.6 Å². The molecule has 0 spiro atoms. The van der Waals surface area contributed by atoms with E-state index in [9.17, 15) is 0 Å². The van der Waals surface area contributed by atoms with Gasteiger partial charge in [0, 0.05) is 0 Å². The molecule has 0 aliphatic heterocycles. The van der Waals surface area contributed by atoms with E-state index in [0.717, 1.165) is 0 Å². The molecule has 1 aliphatic carbocycles. The summed E-state index contributed by atoms with van der Waals surface area (Å²) in [6.45, 7) is 15.5. The Morgan fingerprint density at radius 1 is 0.903 bits per heavy atom. The van der Waals surface area contributed by atoms with Gasteiger partial charge < -0.3 is 0 Å². The fourth-order valence-electron chi connectivity index (χ4n) is 3.42. The number of hydrogen-bond donors (Lipinski definition) is 0. The minimum Gasteiger partial charge on any atom is -0.165 e. The summed E-state index contributed by atoms with van der Waals surface area (Å²) >= 11 is 1.45. The van der Waals surface area contributed by atoms with Crippen molar-refractivity contribution in [3.63, 3.8) is 0 Å². The minimum atomic E-state index is 0. The van der Waals surface area contributed by atoms with E-state index in [0.29, 0.717) is 5.92 Å². The van der Waals surface area contributed by atoms with Crippen molar-refractivity contribution in [2.24, 2.45) is 5.92 Å². The molecular formula is C27H34Cl2HfSi. The summed E-state index contributed by atoms with van der Waals surface area (Å²) in [5.41, 5.74) is 8.45. The monoisotopic (exact) mass is 636 g/mol. The molecule has 0 bridgehead atoms. The molecule has 1 atom stereocenters. The summed E-state index contributed by atoms with van der Waals surface area (Å²) in [7, 11) is 0. The van der Waals surface area contributed by atoms with Gasteiger partial charge in [0.1, 0.15) is 0 Å². The van der Waals surface area contributed by atoms with E-state index in [-0.39, 0.29) is 30.3 Å². The molecule has 1 aliphatic rings. The molecule has 0 saturated heterocycles. The Kier molecular flexibility index (Phi) is 14.0. The molecule has 3 aromatic carbocycles. The van der Waals surface area contributed by atoms with Crippen molar-refractivity contribution < 1.29 is 23.0 Å². The first-order chi connectivity index (χ1) is 13.7. The second-order valence-corrected chi connectivity index (χ2v) is 20.8. The number of benzene rings is 2. The normalized spacial score (nSPS) is 14.4. The smallest absolute Gasteiger partial charge is 0.0279 e. The average Bonchev–Trinajstić information content (AvgIpc) is 3.16. The van der Waals surface area contributed by atoms with Crippen molar-refractivity contribution >= 4 is 41.1 Å². The molecule has 4 heteroatoms. The quantitative estimate of drug-likeness (QED) is 0.185. The van der Waals surface area contributed by atoms with Crippen LogP contribution in [0.15, 0.2) is 77.4 Å². The molecule has 164 valence electrons. The first-order valence-electron chi connectivity index (χ1n) is 10.2. The molecule has 1 unspecified atom stereocenters. The maximum Gasteiger partial charge on any atom is -0.0279 e. The van der Waals surface area contributed by atoms with E-state index < -0.39 is 0 Å². The Bertz CT molecular complexity index is 1040. The summed E-state index contributed by atoms with van der Waals surface area (Å²) in [6, 6.07) is 21.6. The summed E-state index contributed by atoms with van der Waals surface area (Å²) in [6.07, 6.45) is 3.36. The van der Waals surface area contributed by atoms with Crippen LogP contribution in [0.5, 0.6) is 0 Å². The van der Waals surface area contributed by atoms with Gasteiger partial charge in [-0.1, -0.05) is 75.6 Å². The molecule has 0 nitrogen and oxygen atoms in total. The van der Waals surface area contributed by atoms with E-state index >= 15 is 0 Å². The topological polar surface area (TPSA) is 0 Å². The zero-order chi connectivity index (χ0) is 21.6. The number of allylic oxidation sites excluding steroid dienone is 4. The van der Waals surface area contributed by atoms with Crippen LogP contribution in [-0.4, -0.2) is 5.49 Å². The Labute approximate surface area is 216 Å². The molecule has 0 saturated carbocycles. The van der Waals surface area contributed by atoms with Gasteiger partial charge in [0.25, 0.3) is 0 Å². The van der Waals surface area contributed by atoms with Crippen molar-refractivity contribution in [3.8, 4) is 11.1 Å². The van der Waals surface area contributed by atoms with Gasteiger partial charge in [-0.3, -0.25) is 6.08 Å². The number of halogens is 2. The zero-order valence-corrected chi connectivity index (χ0v) is 25.9. The van der Waals surface area contributed by atoms with E-state index in [1.165, 1.54) is 67.2 Å². The van der Waals surface area contributed by atoms with Crippen LogP contribution < -0.4 is 0 Å². The molecule has 0 N–H and O–H groups in total. The second-order valence-electron chi connectivity index (χ2n) is 8.01.